The van der Waals surface area contributed by atoms with Crippen molar-refractivity contribution in [1.82, 2.24) is 9.71 Å². The normalized spacial score (nSPS) is 12.6. The highest BCUT2D eigenvalue weighted by atomic mass is 32.2. The molecule has 3 rings (SSSR count). The first kappa shape index (κ1) is 18.7. The van der Waals surface area contributed by atoms with Crippen LogP contribution in [-0.4, -0.2) is 19.9 Å². The van der Waals surface area contributed by atoms with Crippen molar-refractivity contribution in [3.63, 3.8) is 0 Å². The molecule has 0 atom stereocenters. The Balaban J connectivity index is 1.85. The molecule has 2 aromatic carbocycles. The lowest BCUT2D eigenvalue weighted by Gasteiger charge is -2.26. The molecule has 1 aromatic heterocycles. The smallest absolute Gasteiger partial charge is 0.240 e. The lowest BCUT2D eigenvalue weighted by atomic mass is 9.83. The van der Waals surface area contributed by atoms with Crippen molar-refractivity contribution in [1.29, 1.82) is 0 Å². The number of benzene rings is 2. The Morgan fingerprint density at radius 2 is 1.69 bits per heavy atom. The molecular formula is C21H26N2O2S. The Labute approximate surface area is 155 Å². The van der Waals surface area contributed by atoms with Gasteiger partial charge in [0.05, 0.1) is 4.90 Å². The maximum Gasteiger partial charge on any atom is 0.240 e. The Hall–Kier alpha value is -2.11. The number of hydrogen-bond donors (Lipinski definition) is 2. The number of aromatic amines is 1. The van der Waals surface area contributed by atoms with Crippen molar-refractivity contribution in [2.75, 3.05) is 6.54 Å². The highest BCUT2D eigenvalue weighted by molar-refractivity contribution is 7.89. The summed E-state index contributed by atoms with van der Waals surface area (Å²) in [5.41, 5.74) is 4.07. The number of aryl methyl sites for hydroxylation is 2. The summed E-state index contributed by atoms with van der Waals surface area (Å²) >= 11 is 0. The van der Waals surface area contributed by atoms with E-state index >= 15 is 0 Å². The molecule has 138 valence electrons. The average Bonchev–Trinajstić information content (AvgIpc) is 2.97. The molecule has 0 spiro atoms. The Morgan fingerprint density at radius 3 is 2.35 bits per heavy atom. The molecule has 3 aromatic rings. The summed E-state index contributed by atoms with van der Waals surface area (Å²) in [6, 6.07) is 15.2. The van der Waals surface area contributed by atoms with Gasteiger partial charge in [0.25, 0.3) is 0 Å². The number of nitrogens with one attached hydrogen (secondary N) is 2. The van der Waals surface area contributed by atoms with Gasteiger partial charge in [-0.2, -0.15) is 0 Å². The summed E-state index contributed by atoms with van der Waals surface area (Å²) in [5.74, 6) is 0. The highest BCUT2D eigenvalue weighted by Gasteiger charge is 2.28. The van der Waals surface area contributed by atoms with Crippen molar-refractivity contribution in [3.8, 4) is 0 Å². The third kappa shape index (κ3) is 3.55. The van der Waals surface area contributed by atoms with Gasteiger partial charge < -0.3 is 4.98 Å². The van der Waals surface area contributed by atoms with Crippen molar-refractivity contribution < 1.29 is 8.42 Å². The molecule has 0 fully saturated rings. The molecule has 4 nitrogen and oxygen atoms in total. The second-order valence-corrected chi connectivity index (χ2v) is 9.14. The predicted molar refractivity (Wildman–Crippen MR) is 107 cm³/mol. The number of rotatable bonds is 6. The quantitative estimate of drug-likeness (QED) is 0.680. The van der Waals surface area contributed by atoms with Crippen LogP contribution < -0.4 is 4.72 Å². The summed E-state index contributed by atoms with van der Waals surface area (Å²) in [7, 11) is -3.54. The van der Waals surface area contributed by atoms with Crippen LogP contribution in [0.5, 0.6) is 0 Å². The van der Waals surface area contributed by atoms with E-state index in [2.05, 4.69) is 29.6 Å². The van der Waals surface area contributed by atoms with E-state index in [1.807, 2.05) is 44.2 Å². The second kappa shape index (κ2) is 6.89. The van der Waals surface area contributed by atoms with E-state index < -0.39 is 10.0 Å². The lowest BCUT2D eigenvalue weighted by molar-refractivity contribution is 0.502. The van der Waals surface area contributed by atoms with E-state index in [0.29, 0.717) is 11.4 Å². The van der Waals surface area contributed by atoms with E-state index in [1.165, 1.54) is 0 Å². The molecule has 1 heterocycles. The Morgan fingerprint density at radius 1 is 1.04 bits per heavy atom. The molecule has 0 bridgehead atoms. The maximum absolute atomic E-state index is 12.7. The van der Waals surface area contributed by atoms with E-state index in [-0.39, 0.29) is 5.41 Å². The standard InChI is InChI=1S/C21H26N2O2S/c1-5-16-10-12-17(13-11-16)26(24,25)22-14-21(3,4)20-15(2)23-19-9-7-6-8-18(19)20/h6-13,22-23H,5,14H2,1-4H3. The molecule has 2 N–H and O–H groups in total. The van der Waals surface area contributed by atoms with Gasteiger partial charge in [0.1, 0.15) is 0 Å². The van der Waals surface area contributed by atoms with Crippen LogP contribution in [0.2, 0.25) is 0 Å². The van der Waals surface area contributed by atoms with Gasteiger partial charge >= 0.3 is 0 Å². The first-order valence-electron chi connectivity index (χ1n) is 8.91. The number of para-hydroxylation sites is 1. The third-order valence-corrected chi connectivity index (χ3v) is 6.33. The second-order valence-electron chi connectivity index (χ2n) is 7.38. The topological polar surface area (TPSA) is 62.0 Å². The van der Waals surface area contributed by atoms with E-state index in [9.17, 15) is 8.42 Å². The summed E-state index contributed by atoms with van der Waals surface area (Å²) in [4.78, 5) is 3.70. The van der Waals surface area contributed by atoms with Crippen LogP contribution >= 0.6 is 0 Å². The monoisotopic (exact) mass is 370 g/mol. The zero-order valence-corrected chi connectivity index (χ0v) is 16.6. The van der Waals surface area contributed by atoms with Crippen LogP contribution in [0, 0.1) is 6.92 Å². The minimum atomic E-state index is -3.54. The summed E-state index contributed by atoms with van der Waals surface area (Å²) in [6.07, 6.45) is 0.890. The zero-order valence-electron chi connectivity index (χ0n) is 15.8. The van der Waals surface area contributed by atoms with Gasteiger partial charge in [-0.3, -0.25) is 0 Å². The molecule has 0 unspecified atom stereocenters. The molecule has 26 heavy (non-hydrogen) atoms. The summed E-state index contributed by atoms with van der Waals surface area (Å²) in [6.45, 7) is 8.55. The van der Waals surface area contributed by atoms with Gasteiger partial charge in [0.2, 0.25) is 10.0 Å². The summed E-state index contributed by atoms with van der Waals surface area (Å²) < 4.78 is 28.1. The zero-order chi connectivity index (χ0) is 18.9. The van der Waals surface area contributed by atoms with Crippen molar-refractivity contribution >= 4 is 20.9 Å². The van der Waals surface area contributed by atoms with Gasteiger partial charge in [-0.1, -0.05) is 51.1 Å². The number of H-pyrrole nitrogens is 1. The number of fused-ring (bicyclic) bond motifs is 1. The van der Waals surface area contributed by atoms with Gasteiger partial charge in [-0.25, -0.2) is 13.1 Å². The Kier molecular flexibility index (Phi) is 4.95. The van der Waals surface area contributed by atoms with Crippen LogP contribution in [0.1, 0.15) is 37.6 Å². The van der Waals surface area contributed by atoms with Crippen LogP contribution in [0.4, 0.5) is 0 Å². The molecule has 0 radical (unpaired) electrons. The average molecular weight is 371 g/mol. The fourth-order valence-corrected chi connectivity index (χ4v) is 4.71. The minimum Gasteiger partial charge on any atom is -0.358 e. The van der Waals surface area contributed by atoms with Gasteiger partial charge in [0.15, 0.2) is 0 Å². The largest absolute Gasteiger partial charge is 0.358 e. The van der Waals surface area contributed by atoms with Crippen LogP contribution in [0.15, 0.2) is 53.4 Å². The van der Waals surface area contributed by atoms with Crippen molar-refractivity contribution in [2.24, 2.45) is 0 Å². The van der Waals surface area contributed by atoms with E-state index in [4.69, 9.17) is 0 Å². The summed E-state index contributed by atoms with van der Waals surface area (Å²) in [5, 5.41) is 1.14. The van der Waals surface area contributed by atoms with E-state index in [0.717, 1.165) is 34.1 Å². The molecule has 0 saturated heterocycles. The van der Waals surface area contributed by atoms with Gasteiger partial charge in [-0.15, -0.1) is 0 Å². The first-order chi connectivity index (χ1) is 12.2. The van der Waals surface area contributed by atoms with E-state index in [1.54, 1.807) is 12.1 Å². The van der Waals surface area contributed by atoms with Crippen LogP contribution in [0.3, 0.4) is 0 Å². The van der Waals surface area contributed by atoms with Gasteiger partial charge in [0, 0.05) is 28.6 Å². The first-order valence-corrected chi connectivity index (χ1v) is 10.4. The fourth-order valence-electron chi connectivity index (χ4n) is 3.50. The number of hydrogen-bond acceptors (Lipinski definition) is 2. The molecule has 5 heteroatoms. The predicted octanol–water partition coefficient (Wildman–Crippen LogP) is 4.29. The van der Waals surface area contributed by atoms with Crippen LogP contribution in [-0.2, 0) is 21.9 Å². The lowest BCUT2D eigenvalue weighted by Crippen LogP contribution is -2.37. The SMILES string of the molecule is CCc1ccc(S(=O)(=O)NCC(C)(C)c2c(C)[nH]c3ccccc23)cc1. The molecule has 0 aliphatic carbocycles. The molecule has 0 saturated carbocycles. The fraction of sp³-hybridized carbons (Fsp3) is 0.333. The Bertz CT molecular complexity index is 1020. The number of sulfonamides is 1. The maximum atomic E-state index is 12.7. The van der Waals surface area contributed by atoms with Crippen LogP contribution in [0.25, 0.3) is 10.9 Å². The van der Waals surface area contributed by atoms with Crippen molar-refractivity contribution in [3.05, 3.63) is 65.4 Å². The highest BCUT2D eigenvalue weighted by Crippen LogP contribution is 2.33. The number of aromatic nitrogens is 1. The molecule has 0 aliphatic rings. The molecule has 0 aliphatic heterocycles. The minimum absolute atomic E-state index is 0.307. The molecule has 0 amide bonds. The van der Waals surface area contributed by atoms with Crippen molar-refractivity contribution in [2.45, 2.75) is 44.4 Å². The third-order valence-electron chi connectivity index (χ3n) is 4.92. The van der Waals surface area contributed by atoms with Gasteiger partial charge in [-0.05, 0) is 42.7 Å². The molecular weight excluding hydrogens is 344 g/mol.